The number of aromatic nitrogens is 2. The van der Waals surface area contributed by atoms with Gasteiger partial charge in [0.25, 0.3) is 0 Å². The summed E-state index contributed by atoms with van der Waals surface area (Å²) < 4.78 is 5.53. The minimum Gasteiger partial charge on any atom is -0.494 e. The molecule has 0 aliphatic heterocycles. The first kappa shape index (κ1) is 12.6. The van der Waals surface area contributed by atoms with Crippen LogP contribution in [-0.2, 0) is 6.61 Å². The van der Waals surface area contributed by atoms with Gasteiger partial charge in [0.15, 0.2) is 0 Å². The number of nitrogens with zero attached hydrogens (tertiary/aromatic N) is 1. The molecule has 4 nitrogen and oxygen atoms in total. The molecule has 96 valence electrons. The molecule has 0 saturated carbocycles. The lowest BCUT2D eigenvalue weighted by atomic mass is 10.1. The molecule has 1 aromatic carbocycles. The van der Waals surface area contributed by atoms with E-state index < -0.39 is 0 Å². The highest BCUT2D eigenvalue weighted by Gasteiger charge is 2.09. The van der Waals surface area contributed by atoms with Gasteiger partial charge in [-0.05, 0) is 37.6 Å². The van der Waals surface area contributed by atoms with Crippen LogP contribution in [-0.4, -0.2) is 21.9 Å². The summed E-state index contributed by atoms with van der Waals surface area (Å²) in [6, 6.07) is 7.85. The third-order valence-electron chi connectivity index (χ3n) is 2.87. The largest absolute Gasteiger partial charge is 0.494 e. The Morgan fingerprint density at radius 1 is 1.28 bits per heavy atom. The summed E-state index contributed by atoms with van der Waals surface area (Å²) >= 11 is 0. The van der Waals surface area contributed by atoms with Gasteiger partial charge in [-0.1, -0.05) is 6.92 Å². The molecule has 0 bridgehead atoms. The van der Waals surface area contributed by atoms with Crippen LogP contribution in [0.3, 0.4) is 0 Å². The van der Waals surface area contributed by atoms with Crippen molar-refractivity contribution in [1.29, 1.82) is 0 Å². The zero-order valence-corrected chi connectivity index (χ0v) is 10.7. The van der Waals surface area contributed by atoms with Crippen LogP contribution in [0.25, 0.3) is 11.3 Å². The van der Waals surface area contributed by atoms with E-state index in [4.69, 9.17) is 9.84 Å². The molecular formula is C14H18N2O2. The summed E-state index contributed by atoms with van der Waals surface area (Å²) in [4.78, 5) is 0. The van der Waals surface area contributed by atoms with E-state index in [9.17, 15) is 0 Å². The van der Waals surface area contributed by atoms with Gasteiger partial charge in [0.05, 0.1) is 24.6 Å². The molecule has 0 unspecified atom stereocenters. The molecule has 1 heterocycles. The molecule has 1 aromatic heterocycles. The van der Waals surface area contributed by atoms with Crippen LogP contribution in [0.1, 0.15) is 24.6 Å². The van der Waals surface area contributed by atoms with Crippen molar-refractivity contribution in [1.82, 2.24) is 10.2 Å². The summed E-state index contributed by atoms with van der Waals surface area (Å²) in [6.45, 7) is 4.75. The summed E-state index contributed by atoms with van der Waals surface area (Å²) in [7, 11) is 0. The van der Waals surface area contributed by atoms with Gasteiger partial charge in [-0.25, -0.2) is 0 Å². The minimum absolute atomic E-state index is 0.0173. The standard InChI is InChI=1S/C14H18N2O2/c1-3-8-18-12-6-4-11(5-7-12)14-10(2)13(9-17)15-16-14/h4-7,17H,3,8-9H2,1-2H3,(H,15,16). The van der Waals surface area contributed by atoms with E-state index >= 15 is 0 Å². The quantitative estimate of drug-likeness (QED) is 0.852. The Balaban J connectivity index is 2.20. The molecule has 4 heteroatoms. The Kier molecular flexibility index (Phi) is 3.99. The van der Waals surface area contributed by atoms with Crippen LogP contribution < -0.4 is 4.74 Å². The highest BCUT2D eigenvalue weighted by Crippen LogP contribution is 2.25. The molecule has 0 atom stereocenters. The number of H-pyrrole nitrogens is 1. The van der Waals surface area contributed by atoms with Gasteiger partial charge in [0.2, 0.25) is 0 Å². The maximum absolute atomic E-state index is 9.13. The maximum Gasteiger partial charge on any atom is 0.119 e. The number of benzene rings is 1. The van der Waals surface area contributed by atoms with Crippen molar-refractivity contribution >= 4 is 0 Å². The first-order chi connectivity index (χ1) is 8.76. The van der Waals surface area contributed by atoms with E-state index in [1.165, 1.54) is 0 Å². The maximum atomic E-state index is 9.13. The summed E-state index contributed by atoms with van der Waals surface area (Å²) in [5.41, 5.74) is 3.64. The number of aliphatic hydroxyl groups is 1. The number of nitrogens with one attached hydrogen (secondary N) is 1. The molecule has 0 aliphatic carbocycles. The molecule has 0 spiro atoms. The Morgan fingerprint density at radius 2 is 2.00 bits per heavy atom. The third kappa shape index (κ3) is 2.54. The fourth-order valence-corrected chi connectivity index (χ4v) is 1.80. The lowest BCUT2D eigenvalue weighted by Gasteiger charge is -2.05. The monoisotopic (exact) mass is 246 g/mol. The lowest BCUT2D eigenvalue weighted by molar-refractivity contribution is 0.276. The molecule has 2 aromatic rings. The number of hydrogen-bond acceptors (Lipinski definition) is 3. The van der Waals surface area contributed by atoms with Gasteiger partial charge in [0, 0.05) is 11.1 Å². The van der Waals surface area contributed by atoms with Crippen molar-refractivity contribution < 1.29 is 9.84 Å². The zero-order chi connectivity index (χ0) is 13.0. The van der Waals surface area contributed by atoms with Crippen LogP contribution in [0.5, 0.6) is 5.75 Å². The number of hydrogen-bond donors (Lipinski definition) is 2. The van der Waals surface area contributed by atoms with Crippen molar-refractivity contribution in [2.24, 2.45) is 0 Å². The second kappa shape index (κ2) is 5.69. The molecule has 0 radical (unpaired) electrons. The Labute approximate surface area is 107 Å². The first-order valence-corrected chi connectivity index (χ1v) is 6.14. The van der Waals surface area contributed by atoms with E-state index in [0.717, 1.165) is 41.3 Å². The molecule has 0 fully saturated rings. The molecule has 0 aliphatic rings. The van der Waals surface area contributed by atoms with Crippen molar-refractivity contribution in [3.8, 4) is 17.0 Å². The van der Waals surface area contributed by atoms with E-state index in [-0.39, 0.29) is 6.61 Å². The van der Waals surface area contributed by atoms with E-state index in [0.29, 0.717) is 0 Å². The molecule has 2 rings (SSSR count). The average Bonchev–Trinajstić information content (AvgIpc) is 2.78. The average molecular weight is 246 g/mol. The van der Waals surface area contributed by atoms with E-state index in [2.05, 4.69) is 17.1 Å². The highest BCUT2D eigenvalue weighted by molar-refractivity contribution is 5.64. The predicted molar refractivity (Wildman–Crippen MR) is 70.5 cm³/mol. The molecule has 18 heavy (non-hydrogen) atoms. The van der Waals surface area contributed by atoms with Gasteiger partial charge in [-0.3, -0.25) is 5.10 Å². The van der Waals surface area contributed by atoms with Crippen LogP contribution in [0, 0.1) is 6.92 Å². The van der Waals surface area contributed by atoms with Crippen molar-refractivity contribution in [2.75, 3.05) is 6.61 Å². The Bertz CT molecular complexity index is 503. The Hall–Kier alpha value is -1.81. The number of aliphatic hydroxyl groups excluding tert-OH is 1. The fraction of sp³-hybridized carbons (Fsp3) is 0.357. The fourth-order valence-electron chi connectivity index (χ4n) is 1.80. The van der Waals surface area contributed by atoms with Crippen LogP contribution in [0.15, 0.2) is 24.3 Å². The topological polar surface area (TPSA) is 58.1 Å². The number of aromatic amines is 1. The van der Waals surface area contributed by atoms with Gasteiger partial charge >= 0.3 is 0 Å². The highest BCUT2D eigenvalue weighted by atomic mass is 16.5. The van der Waals surface area contributed by atoms with Crippen molar-refractivity contribution in [3.05, 3.63) is 35.5 Å². The van der Waals surface area contributed by atoms with Crippen LogP contribution in [0.2, 0.25) is 0 Å². The smallest absolute Gasteiger partial charge is 0.119 e. The van der Waals surface area contributed by atoms with E-state index in [1.807, 2.05) is 31.2 Å². The van der Waals surface area contributed by atoms with Gasteiger partial charge in [-0.15, -0.1) is 0 Å². The molecule has 2 N–H and O–H groups in total. The van der Waals surface area contributed by atoms with E-state index in [1.54, 1.807) is 0 Å². The van der Waals surface area contributed by atoms with Crippen molar-refractivity contribution in [3.63, 3.8) is 0 Å². The van der Waals surface area contributed by atoms with Gasteiger partial charge < -0.3 is 9.84 Å². The molecular weight excluding hydrogens is 228 g/mol. The minimum atomic E-state index is -0.0173. The number of ether oxygens (including phenoxy) is 1. The SMILES string of the molecule is CCCOc1ccc(-c2n[nH]c(CO)c2C)cc1. The molecule has 0 saturated heterocycles. The summed E-state index contributed by atoms with van der Waals surface area (Å²) in [5.74, 6) is 0.871. The predicted octanol–water partition coefficient (Wildman–Crippen LogP) is 2.67. The van der Waals surface area contributed by atoms with Gasteiger partial charge in [0.1, 0.15) is 5.75 Å². The Morgan fingerprint density at radius 3 is 2.56 bits per heavy atom. The second-order valence-corrected chi connectivity index (χ2v) is 4.21. The van der Waals surface area contributed by atoms with Crippen molar-refractivity contribution in [2.45, 2.75) is 26.9 Å². The first-order valence-electron chi connectivity index (χ1n) is 6.14. The number of rotatable bonds is 5. The summed E-state index contributed by atoms with van der Waals surface area (Å²) in [6.07, 6.45) is 1.00. The lowest BCUT2D eigenvalue weighted by Crippen LogP contribution is -1.94. The van der Waals surface area contributed by atoms with Crippen LogP contribution in [0.4, 0.5) is 0 Å². The zero-order valence-electron chi connectivity index (χ0n) is 10.7. The normalized spacial score (nSPS) is 10.6. The summed E-state index contributed by atoms with van der Waals surface area (Å²) in [5, 5.41) is 16.2. The second-order valence-electron chi connectivity index (χ2n) is 4.21. The van der Waals surface area contributed by atoms with Gasteiger partial charge in [-0.2, -0.15) is 5.10 Å². The van der Waals surface area contributed by atoms with Crippen LogP contribution >= 0.6 is 0 Å². The molecule has 0 amide bonds. The third-order valence-corrected chi connectivity index (χ3v) is 2.87.